The topological polar surface area (TPSA) is 52.6 Å². The Labute approximate surface area is 128 Å². The average molecular weight is 296 g/mol. The van der Waals surface area contributed by atoms with Gasteiger partial charge in [0.2, 0.25) is 0 Å². The van der Waals surface area contributed by atoms with Crippen molar-refractivity contribution < 1.29 is 19.1 Å². The molecule has 1 unspecified atom stereocenters. The Bertz CT molecular complexity index is 666. The summed E-state index contributed by atoms with van der Waals surface area (Å²) in [6.07, 6.45) is 0.309. The molecule has 0 aliphatic carbocycles. The third kappa shape index (κ3) is 2.48. The Morgan fingerprint density at radius 1 is 1.05 bits per heavy atom. The highest BCUT2D eigenvalue weighted by Crippen LogP contribution is 2.36. The van der Waals surface area contributed by atoms with E-state index >= 15 is 0 Å². The fourth-order valence-corrected chi connectivity index (χ4v) is 2.66. The van der Waals surface area contributed by atoms with Gasteiger partial charge in [0.15, 0.2) is 5.41 Å². The first kappa shape index (κ1) is 14.3. The van der Waals surface area contributed by atoms with Crippen molar-refractivity contribution in [2.45, 2.75) is 18.4 Å². The molecule has 4 heteroatoms. The molecule has 0 N–H and O–H groups in total. The molecular weight excluding hydrogens is 280 g/mol. The first-order chi connectivity index (χ1) is 10.7. The molecule has 0 bridgehead atoms. The molecule has 1 atom stereocenters. The number of carbonyl (C=O) groups is 2. The molecule has 1 saturated heterocycles. The predicted octanol–water partition coefficient (Wildman–Crippen LogP) is 2.61. The second-order valence-electron chi connectivity index (χ2n) is 5.22. The van der Waals surface area contributed by atoms with E-state index in [0.717, 1.165) is 5.56 Å². The van der Waals surface area contributed by atoms with E-state index in [0.29, 0.717) is 12.0 Å². The Morgan fingerprint density at radius 3 is 2.27 bits per heavy atom. The van der Waals surface area contributed by atoms with Gasteiger partial charge >= 0.3 is 11.9 Å². The highest BCUT2D eigenvalue weighted by atomic mass is 16.6. The summed E-state index contributed by atoms with van der Waals surface area (Å²) >= 11 is 0. The molecule has 2 aromatic rings. The molecule has 1 heterocycles. The molecule has 1 fully saturated rings. The zero-order valence-electron chi connectivity index (χ0n) is 12.0. The highest BCUT2D eigenvalue weighted by molar-refractivity contribution is 6.07. The molecule has 22 heavy (non-hydrogen) atoms. The van der Waals surface area contributed by atoms with Crippen LogP contribution in [0.25, 0.3) is 0 Å². The van der Waals surface area contributed by atoms with Crippen molar-refractivity contribution in [3.8, 4) is 0 Å². The van der Waals surface area contributed by atoms with Crippen molar-refractivity contribution in [2.24, 2.45) is 0 Å². The summed E-state index contributed by atoms with van der Waals surface area (Å²) in [5.41, 5.74) is 0.164. The van der Waals surface area contributed by atoms with Crippen LogP contribution in [0.15, 0.2) is 60.7 Å². The largest absolute Gasteiger partial charge is 0.465 e. The minimum absolute atomic E-state index is 0.140. The molecule has 2 aromatic carbocycles. The van der Waals surface area contributed by atoms with E-state index in [1.807, 2.05) is 36.4 Å². The van der Waals surface area contributed by atoms with Crippen LogP contribution in [-0.2, 0) is 31.1 Å². The average Bonchev–Trinajstić information content (AvgIpc) is 2.97. The molecule has 4 nitrogen and oxygen atoms in total. The van der Waals surface area contributed by atoms with Crippen LogP contribution in [0.1, 0.15) is 17.5 Å². The van der Waals surface area contributed by atoms with Crippen molar-refractivity contribution in [3.05, 3.63) is 71.8 Å². The van der Waals surface area contributed by atoms with Crippen molar-refractivity contribution in [2.75, 3.05) is 6.61 Å². The van der Waals surface area contributed by atoms with Crippen LogP contribution in [0.4, 0.5) is 0 Å². The molecule has 1 aliphatic rings. The first-order valence-electron chi connectivity index (χ1n) is 7.17. The normalized spacial score (nSPS) is 20.5. The lowest BCUT2D eigenvalue weighted by molar-refractivity contribution is -0.159. The monoisotopic (exact) mass is 296 g/mol. The standard InChI is InChI=1S/C18H16O4/c19-16-18(11-12-21-16,15-9-5-2-6-10-15)17(20)22-13-14-7-3-1-4-8-14/h1-10H,11-13H2. The number of esters is 2. The van der Waals surface area contributed by atoms with E-state index in [2.05, 4.69) is 0 Å². The van der Waals surface area contributed by atoms with Crippen LogP contribution < -0.4 is 0 Å². The Kier molecular flexibility index (Phi) is 3.92. The maximum Gasteiger partial charge on any atom is 0.328 e. The summed E-state index contributed by atoms with van der Waals surface area (Å²) in [6, 6.07) is 18.3. The summed E-state index contributed by atoms with van der Waals surface area (Å²) < 4.78 is 10.5. The number of benzene rings is 2. The zero-order chi connectivity index (χ0) is 15.4. The van der Waals surface area contributed by atoms with Gasteiger partial charge < -0.3 is 9.47 Å². The van der Waals surface area contributed by atoms with E-state index in [4.69, 9.17) is 9.47 Å². The zero-order valence-corrected chi connectivity index (χ0v) is 12.0. The predicted molar refractivity (Wildman–Crippen MR) is 79.9 cm³/mol. The number of hydrogen-bond donors (Lipinski definition) is 0. The van der Waals surface area contributed by atoms with E-state index in [1.54, 1.807) is 24.3 Å². The van der Waals surface area contributed by atoms with Crippen LogP contribution in [0.5, 0.6) is 0 Å². The van der Waals surface area contributed by atoms with E-state index in [1.165, 1.54) is 0 Å². The smallest absolute Gasteiger partial charge is 0.328 e. The van der Waals surface area contributed by atoms with Gasteiger partial charge in [-0.15, -0.1) is 0 Å². The third-order valence-electron chi connectivity index (χ3n) is 3.89. The number of cyclic esters (lactones) is 1. The molecule has 0 radical (unpaired) electrons. The lowest BCUT2D eigenvalue weighted by Gasteiger charge is -2.23. The Hall–Kier alpha value is -2.62. The van der Waals surface area contributed by atoms with Gasteiger partial charge in [-0.3, -0.25) is 9.59 Å². The second kappa shape index (κ2) is 6.02. The lowest BCUT2D eigenvalue weighted by Crippen LogP contribution is -2.41. The van der Waals surface area contributed by atoms with Crippen LogP contribution >= 0.6 is 0 Å². The molecule has 3 rings (SSSR count). The lowest BCUT2D eigenvalue weighted by atomic mass is 9.79. The summed E-state index contributed by atoms with van der Waals surface area (Å²) in [5.74, 6) is -1.08. The van der Waals surface area contributed by atoms with Crippen LogP contribution in [0, 0.1) is 0 Å². The minimum Gasteiger partial charge on any atom is -0.465 e. The third-order valence-corrected chi connectivity index (χ3v) is 3.89. The van der Waals surface area contributed by atoms with Crippen molar-refractivity contribution in [1.82, 2.24) is 0 Å². The fraction of sp³-hybridized carbons (Fsp3) is 0.222. The number of hydrogen-bond acceptors (Lipinski definition) is 4. The Balaban J connectivity index is 1.84. The maximum atomic E-state index is 12.6. The van der Waals surface area contributed by atoms with E-state index in [9.17, 15) is 9.59 Å². The Morgan fingerprint density at radius 2 is 1.68 bits per heavy atom. The maximum absolute atomic E-state index is 12.6. The van der Waals surface area contributed by atoms with E-state index < -0.39 is 17.4 Å². The van der Waals surface area contributed by atoms with Gasteiger partial charge in [0.1, 0.15) is 6.61 Å². The van der Waals surface area contributed by atoms with Gasteiger partial charge in [0.05, 0.1) is 6.61 Å². The summed E-state index contributed by atoms with van der Waals surface area (Å²) in [7, 11) is 0. The van der Waals surface area contributed by atoms with Gasteiger partial charge in [-0.05, 0) is 11.1 Å². The van der Waals surface area contributed by atoms with Crippen molar-refractivity contribution >= 4 is 11.9 Å². The van der Waals surface area contributed by atoms with Gasteiger partial charge in [0.25, 0.3) is 0 Å². The van der Waals surface area contributed by atoms with Crippen molar-refractivity contribution in [1.29, 1.82) is 0 Å². The van der Waals surface area contributed by atoms with Gasteiger partial charge in [-0.25, -0.2) is 0 Å². The number of rotatable bonds is 4. The second-order valence-corrected chi connectivity index (χ2v) is 5.22. The summed E-state index contributed by atoms with van der Waals surface area (Å²) in [5, 5.41) is 0. The molecule has 0 saturated carbocycles. The summed E-state index contributed by atoms with van der Waals surface area (Å²) in [6.45, 7) is 0.371. The quantitative estimate of drug-likeness (QED) is 0.643. The SMILES string of the molecule is O=C1OCCC1(C(=O)OCc1ccccc1)c1ccccc1. The van der Waals surface area contributed by atoms with E-state index in [-0.39, 0.29) is 13.2 Å². The molecule has 112 valence electrons. The molecule has 0 amide bonds. The number of ether oxygens (including phenoxy) is 2. The molecular formula is C18H16O4. The fourth-order valence-electron chi connectivity index (χ4n) is 2.66. The first-order valence-corrected chi connectivity index (χ1v) is 7.17. The minimum atomic E-state index is -1.34. The van der Waals surface area contributed by atoms with Gasteiger partial charge in [-0.1, -0.05) is 60.7 Å². The van der Waals surface area contributed by atoms with Crippen LogP contribution in [0.2, 0.25) is 0 Å². The van der Waals surface area contributed by atoms with Gasteiger partial charge in [-0.2, -0.15) is 0 Å². The van der Waals surface area contributed by atoms with Gasteiger partial charge in [0, 0.05) is 6.42 Å². The molecule has 0 aromatic heterocycles. The number of carbonyl (C=O) groups excluding carboxylic acids is 2. The van der Waals surface area contributed by atoms with Crippen LogP contribution in [-0.4, -0.2) is 18.5 Å². The summed E-state index contributed by atoms with van der Waals surface area (Å²) in [4.78, 5) is 24.9. The van der Waals surface area contributed by atoms with Crippen molar-refractivity contribution in [3.63, 3.8) is 0 Å². The van der Waals surface area contributed by atoms with Crippen LogP contribution in [0.3, 0.4) is 0 Å². The highest BCUT2D eigenvalue weighted by Gasteiger charge is 2.54. The molecule has 0 spiro atoms. The molecule has 1 aliphatic heterocycles.